The lowest BCUT2D eigenvalue weighted by molar-refractivity contribution is 0.108. The molecule has 94 valence electrons. The summed E-state index contributed by atoms with van der Waals surface area (Å²) >= 11 is 9.19. The van der Waals surface area contributed by atoms with Crippen molar-refractivity contribution in [2.45, 2.75) is 6.10 Å². The number of aromatic nitrogens is 1. The highest BCUT2D eigenvalue weighted by Gasteiger charge is 2.09. The van der Waals surface area contributed by atoms with Gasteiger partial charge in [-0.05, 0) is 29.8 Å². The van der Waals surface area contributed by atoms with Crippen LogP contribution in [-0.4, -0.2) is 16.7 Å². The zero-order valence-corrected chi connectivity index (χ0v) is 11.7. The SMILES string of the molecule is OC(COc1cccnc1Cl)c1ccc(Br)cc1. The molecule has 2 aromatic rings. The lowest BCUT2D eigenvalue weighted by Crippen LogP contribution is -2.09. The zero-order chi connectivity index (χ0) is 13.0. The van der Waals surface area contributed by atoms with Crippen LogP contribution in [0.25, 0.3) is 0 Å². The van der Waals surface area contributed by atoms with Crippen molar-refractivity contribution in [1.29, 1.82) is 0 Å². The Balaban J connectivity index is 1.98. The fourth-order valence-corrected chi connectivity index (χ4v) is 1.87. The second kappa shape index (κ2) is 6.18. The van der Waals surface area contributed by atoms with Crippen LogP contribution in [0.2, 0.25) is 5.15 Å². The van der Waals surface area contributed by atoms with E-state index in [1.54, 1.807) is 18.3 Å². The van der Waals surface area contributed by atoms with Gasteiger partial charge in [-0.25, -0.2) is 4.98 Å². The molecule has 0 aliphatic rings. The number of pyridine rings is 1. The molecule has 1 unspecified atom stereocenters. The highest BCUT2D eigenvalue weighted by Crippen LogP contribution is 2.23. The number of benzene rings is 1. The Morgan fingerprint density at radius 1 is 1.28 bits per heavy atom. The molecule has 1 N–H and O–H groups in total. The average molecular weight is 329 g/mol. The van der Waals surface area contributed by atoms with Gasteiger partial charge >= 0.3 is 0 Å². The van der Waals surface area contributed by atoms with Crippen molar-refractivity contribution in [3.63, 3.8) is 0 Å². The Kier molecular flexibility index (Phi) is 4.58. The summed E-state index contributed by atoms with van der Waals surface area (Å²) in [6.45, 7) is 0.132. The van der Waals surface area contributed by atoms with E-state index >= 15 is 0 Å². The summed E-state index contributed by atoms with van der Waals surface area (Å²) in [5, 5.41) is 10.3. The molecule has 18 heavy (non-hydrogen) atoms. The second-order valence-electron chi connectivity index (χ2n) is 3.67. The topological polar surface area (TPSA) is 42.4 Å². The first-order valence-electron chi connectivity index (χ1n) is 5.33. The third-order valence-corrected chi connectivity index (χ3v) is 3.19. The Labute approximate surface area is 119 Å². The molecule has 1 heterocycles. The van der Waals surface area contributed by atoms with Gasteiger partial charge in [0.2, 0.25) is 0 Å². The molecule has 0 amide bonds. The number of aliphatic hydroxyl groups excluding tert-OH is 1. The number of hydrogen-bond acceptors (Lipinski definition) is 3. The molecular weight excluding hydrogens is 318 g/mol. The number of rotatable bonds is 4. The van der Waals surface area contributed by atoms with Crippen LogP contribution in [0, 0.1) is 0 Å². The predicted molar refractivity (Wildman–Crippen MR) is 73.8 cm³/mol. The first-order valence-corrected chi connectivity index (χ1v) is 6.51. The van der Waals surface area contributed by atoms with Crippen LogP contribution in [0.4, 0.5) is 0 Å². The number of hydrogen-bond donors (Lipinski definition) is 1. The number of nitrogens with zero attached hydrogens (tertiary/aromatic N) is 1. The molecule has 0 bridgehead atoms. The third-order valence-electron chi connectivity index (χ3n) is 2.38. The van der Waals surface area contributed by atoms with Gasteiger partial charge in [0.05, 0.1) is 0 Å². The summed E-state index contributed by atoms with van der Waals surface area (Å²) in [5.41, 5.74) is 0.790. The van der Waals surface area contributed by atoms with Crippen LogP contribution in [-0.2, 0) is 0 Å². The van der Waals surface area contributed by atoms with Crippen LogP contribution in [0.1, 0.15) is 11.7 Å². The van der Waals surface area contributed by atoms with Crippen molar-refractivity contribution in [3.05, 3.63) is 57.8 Å². The van der Waals surface area contributed by atoms with Gasteiger partial charge < -0.3 is 9.84 Å². The smallest absolute Gasteiger partial charge is 0.171 e. The fourth-order valence-electron chi connectivity index (χ4n) is 1.43. The first-order chi connectivity index (χ1) is 8.66. The minimum Gasteiger partial charge on any atom is -0.487 e. The van der Waals surface area contributed by atoms with Gasteiger partial charge in [-0.3, -0.25) is 0 Å². The molecular formula is C13H11BrClNO2. The molecule has 0 aliphatic carbocycles. The van der Waals surface area contributed by atoms with Crippen molar-refractivity contribution in [2.75, 3.05) is 6.61 Å². The normalized spacial score (nSPS) is 12.2. The lowest BCUT2D eigenvalue weighted by atomic mass is 10.1. The maximum absolute atomic E-state index is 9.96. The van der Waals surface area contributed by atoms with Crippen LogP contribution < -0.4 is 4.74 Å². The summed E-state index contributed by atoms with van der Waals surface area (Å²) in [7, 11) is 0. The second-order valence-corrected chi connectivity index (χ2v) is 4.94. The van der Waals surface area contributed by atoms with Crippen molar-refractivity contribution < 1.29 is 9.84 Å². The quantitative estimate of drug-likeness (QED) is 0.872. The molecule has 0 fully saturated rings. The van der Waals surface area contributed by atoms with Gasteiger partial charge in [-0.1, -0.05) is 39.7 Å². The van der Waals surface area contributed by atoms with E-state index in [1.807, 2.05) is 24.3 Å². The van der Waals surface area contributed by atoms with Crippen LogP contribution in [0.15, 0.2) is 47.1 Å². The molecule has 0 spiro atoms. The lowest BCUT2D eigenvalue weighted by Gasteiger charge is -2.13. The van der Waals surface area contributed by atoms with Gasteiger partial charge in [0.1, 0.15) is 12.7 Å². The number of halogens is 2. The Morgan fingerprint density at radius 2 is 2.00 bits per heavy atom. The van der Waals surface area contributed by atoms with Gasteiger partial charge in [0.15, 0.2) is 10.9 Å². The minimum absolute atomic E-state index is 0.132. The molecule has 3 nitrogen and oxygen atoms in total. The maximum Gasteiger partial charge on any atom is 0.171 e. The van der Waals surface area contributed by atoms with Crippen LogP contribution >= 0.6 is 27.5 Å². The van der Waals surface area contributed by atoms with E-state index in [4.69, 9.17) is 16.3 Å². The standard InChI is InChI=1S/C13H11BrClNO2/c14-10-5-3-9(4-6-10)11(17)8-18-12-2-1-7-16-13(12)15/h1-7,11,17H,8H2. The van der Waals surface area contributed by atoms with Crippen molar-refractivity contribution in [1.82, 2.24) is 4.98 Å². The van der Waals surface area contributed by atoms with Crippen molar-refractivity contribution >= 4 is 27.5 Å². The van der Waals surface area contributed by atoms with E-state index in [9.17, 15) is 5.11 Å². The summed E-state index contributed by atoms with van der Waals surface area (Å²) < 4.78 is 6.39. The molecule has 0 radical (unpaired) electrons. The summed E-state index contributed by atoms with van der Waals surface area (Å²) in [5.74, 6) is 0.468. The molecule has 2 rings (SSSR count). The molecule has 1 aromatic carbocycles. The van der Waals surface area contributed by atoms with Gasteiger partial charge in [0, 0.05) is 10.7 Å². The Morgan fingerprint density at radius 3 is 2.67 bits per heavy atom. The van der Waals surface area contributed by atoms with Gasteiger partial charge in [-0.2, -0.15) is 0 Å². The molecule has 0 saturated carbocycles. The number of aliphatic hydroxyl groups is 1. The summed E-state index contributed by atoms with van der Waals surface area (Å²) in [4.78, 5) is 3.89. The predicted octanol–water partition coefficient (Wildman–Crippen LogP) is 3.61. The molecule has 1 aromatic heterocycles. The minimum atomic E-state index is -0.700. The average Bonchev–Trinajstić information content (AvgIpc) is 2.38. The van der Waals surface area contributed by atoms with E-state index in [0.717, 1.165) is 10.0 Å². The summed E-state index contributed by atoms with van der Waals surface area (Å²) in [6.07, 6.45) is 0.884. The van der Waals surface area contributed by atoms with E-state index in [1.165, 1.54) is 0 Å². The third kappa shape index (κ3) is 3.45. The molecule has 5 heteroatoms. The van der Waals surface area contributed by atoms with E-state index in [0.29, 0.717) is 10.9 Å². The maximum atomic E-state index is 9.96. The van der Waals surface area contributed by atoms with E-state index < -0.39 is 6.10 Å². The van der Waals surface area contributed by atoms with Gasteiger partial charge in [0.25, 0.3) is 0 Å². The highest BCUT2D eigenvalue weighted by atomic mass is 79.9. The van der Waals surface area contributed by atoms with Crippen molar-refractivity contribution in [3.8, 4) is 5.75 Å². The van der Waals surface area contributed by atoms with Crippen LogP contribution in [0.3, 0.4) is 0 Å². The van der Waals surface area contributed by atoms with Gasteiger partial charge in [-0.15, -0.1) is 0 Å². The molecule has 1 atom stereocenters. The monoisotopic (exact) mass is 327 g/mol. The van der Waals surface area contributed by atoms with E-state index in [2.05, 4.69) is 20.9 Å². The Bertz CT molecular complexity index is 519. The van der Waals surface area contributed by atoms with E-state index in [-0.39, 0.29) is 6.61 Å². The van der Waals surface area contributed by atoms with Crippen molar-refractivity contribution in [2.24, 2.45) is 0 Å². The number of ether oxygens (including phenoxy) is 1. The summed E-state index contributed by atoms with van der Waals surface area (Å²) in [6, 6.07) is 10.9. The fraction of sp³-hybridized carbons (Fsp3) is 0.154. The highest BCUT2D eigenvalue weighted by molar-refractivity contribution is 9.10. The molecule has 0 aliphatic heterocycles. The largest absolute Gasteiger partial charge is 0.487 e. The van der Waals surface area contributed by atoms with Crippen LogP contribution in [0.5, 0.6) is 5.75 Å². The Hall–Kier alpha value is -1.10. The first kappa shape index (κ1) is 13.3. The zero-order valence-electron chi connectivity index (χ0n) is 9.38. The molecule has 0 saturated heterocycles.